The molecule has 28 heavy (non-hydrogen) atoms. The first-order chi connectivity index (χ1) is 13.6. The van der Waals surface area contributed by atoms with Crippen molar-refractivity contribution in [2.75, 3.05) is 19.5 Å². The van der Waals surface area contributed by atoms with E-state index in [1.807, 2.05) is 30.3 Å². The number of halogens is 1. The Balaban J connectivity index is 1.69. The Hall–Kier alpha value is -2.99. The number of methoxy groups -OCH3 is 2. The van der Waals surface area contributed by atoms with E-state index in [9.17, 15) is 9.18 Å². The fourth-order valence-corrected chi connectivity index (χ4v) is 3.56. The Morgan fingerprint density at radius 1 is 0.964 bits per heavy atom. The van der Waals surface area contributed by atoms with Crippen LogP contribution in [0.25, 0.3) is 0 Å². The molecule has 3 rings (SSSR count). The standard InChI is InChI=1S/C22H20FNO3S/c1-26-20-11-10-15(12-21(20)27-2)22(25)24-17-7-5-8-18(13-17)28-14-16-6-3-4-9-19(16)23/h3-13H,14H2,1-2H3,(H,24,25). The van der Waals surface area contributed by atoms with Gasteiger partial charge in [0.05, 0.1) is 14.2 Å². The van der Waals surface area contributed by atoms with Gasteiger partial charge < -0.3 is 14.8 Å². The smallest absolute Gasteiger partial charge is 0.255 e. The zero-order valence-electron chi connectivity index (χ0n) is 15.6. The molecule has 0 aliphatic heterocycles. The van der Waals surface area contributed by atoms with Crippen molar-refractivity contribution in [3.63, 3.8) is 0 Å². The van der Waals surface area contributed by atoms with Crippen LogP contribution in [0.1, 0.15) is 15.9 Å². The van der Waals surface area contributed by atoms with Crippen LogP contribution in [0.3, 0.4) is 0 Å². The maximum absolute atomic E-state index is 13.8. The van der Waals surface area contributed by atoms with Crippen molar-refractivity contribution in [3.05, 3.63) is 83.7 Å². The van der Waals surface area contributed by atoms with Gasteiger partial charge in [-0.15, -0.1) is 11.8 Å². The Morgan fingerprint density at radius 2 is 1.75 bits per heavy atom. The minimum atomic E-state index is -0.253. The van der Waals surface area contributed by atoms with E-state index in [1.165, 1.54) is 24.9 Å². The van der Waals surface area contributed by atoms with Crippen molar-refractivity contribution in [1.29, 1.82) is 0 Å². The number of amides is 1. The number of carbonyl (C=O) groups excluding carboxylic acids is 1. The van der Waals surface area contributed by atoms with Gasteiger partial charge in [-0.3, -0.25) is 4.79 Å². The third kappa shape index (κ3) is 4.84. The molecule has 6 heteroatoms. The van der Waals surface area contributed by atoms with Crippen molar-refractivity contribution in [2.45, 2.75) is 10.6 Å². The monoisotopic (exact) mass is 397 g/mol. The third-order valence-corrected chi connectivity index (χ3v) is 5.13. The van der Waals surface area contributed by atoms with Gasteiger partial charge in [-0.25, -0.2) is 4.39 Å². The Labute approximate surface area is 167 Å². The maximum atomic E-state index is 13.8. The first-order valence-corrected chi connectivity index (χ1v) is 9.59. The van der Waals surface area contributed by atoms with Crippen LogP contribution in [-0.2, 0) is 5.75 Å². The summed E-state index contributed by atoms with van der Waals surface area (Å²) in [7, 11) is 3.07. The van der Waals surface area contributed by atoms with Crippen molar-refractivity contribution in [1.82, 2.24) is 0 Å². The molecule has 0 radical (unpaired) electrons. The Bertz CT molecular complexity index is 978. The summed E-state index contributed by atoms with van der Waals surface area (Å²) in [6, 6.07) is 19.2. The highest BCUT2D eigenvalue weighted by atomic mass is 32.2. The first-order valence-electron chi connectivity index (χ1n) is 8.60. The second kappa shape index (κ2) is 9.28. The zero-order chi connectivity index (χ0) is 19.9. The fraction of sp³-hybridized carbons (Fsp3) is 0.136. The van der Waals surface area contributed by atoms with Gasteiger partial charge >= 0.3 is 0 Å². The van der Waals surface area contributed by atoms with Gasteiger partial charge in [0.15, 0.2) is 11.5 Å². The van der Waals surface area contributed by atoms with Crippen LogP contribution in [0.2, 0.25) is 0 Å². The van der Waals surface area contributed by atoms with Gasteiger partial charge in [0, 0.05) is 21.9 Å². The number of hydrogen-bond acceptors (Lipinski definition) is 4. The highest BCUT2D eigenvalue weighted by Crippen LogP contribution is 2.29. The van der Waals surface area contributed by atoms with Crippen LogP contribution < -0.4 is 14.8 Å². The molecule has 1 N–H and O–H groups in total. The zero-order valence-corrected chi connectivity index (χ0v) is 16.4. The van der Waals surface area contributed by atoms with Gasteiger partial charge in [-0.2, -0.15) is 0 Å². The van der Waals surface area contributed by atoms with E-state index < -0.39 is 0 Å². The van der Waals surface area contributed by atoms with Gasteiger partial charge in [0.25, 0.3) is 5.91 Å². The average molecular weight is 397 g/mol. The van der Waals surface area contributed by atoms with Crippen LogP contribution in [0.4, 0.5) is 10.1 Å². The summed E-state index contributed by atoms with van der Waals surface area (Å²) in [6.45, 7) is 0. The summed E-state index contributed by atoms with van der Waals surface area (Å²) >= 11 is 1.51. The fourth-order valence-electron chi connectivity index (χ4n) is 2.62. The van der Waals surface area contributed by atoms with Crippen LogP contribution in [0, 0.1) is 5.82 Å². The molecule has 0 aromatic heterocycles. The first kappa shape index (κ1) is 19.8. The van der Waals surface area contributed by atoms with Crippen LogP contribution in [0.5, 0.6) is 11.5 Å². The van der Waals surface area contributed by atoms with Crippen LogP contribution in [-0.4, -0.2) is 20.1 Å². The molecule has 4 nitrogen and oxygen atoms in total. The molecule has 0 aliphatic rings. The van der Waals surface area contributed by atoms with Gasteiger partial charge in [0.1, 0.15) is 5.82 Å². The van der Waals surface area contributed by atoms with E-state index in [0.717, 1.165) is 4.90 Å². The van der Waals surface area contributed by atoms with E-state index in [-0.39, 0.29) is 11.7 Å². The summed E-state index contributed by atoms with van der Waals surface area (Å²) < 4.78 is 24.2. The molecule has 0 bridgehead atoms. The number of rotatable bonds is 7. The molecule has 0 saturated carbocycles. The lowest BCUT2D eigenvalue weighted by atomic mass is 10.2. The van der Waals surface area contributed by atoms with Crippen LogP contribution >= 0.6 is 11.8 Å². The average Bonchev–Trinajstić information content (AvgIpc) is 2.73. The number of thioether (sulfide) groups is 1. The normalized spacial score (nSPS) is 10.4. The largest absolute Gasteiger partial charge is 0.493 e. The Morgan fingerprint density at radius 3 is 2.50 bits per heavy atom. The molecule has 144 valence electrons. The lowest BCUT2D eigenvalue weighted by Gasteiger charge is -2.11. The molecule has 1 amide bonds. The number of benzene rings is 3. The second-order valence-corrected chi connectivity index (χ2v) is 6.98. The molecule has 0 saturated heterocycles. The number of carbonyl (C=O) groups is 1. The molecule has 3 aromatic rings. The molecule has 0 spiro atoms. The van der Waals surface area contributed by atoms with Crippen molar-refractivity contribution >= 4 is 23.4 Å². The minimum absolute atomic E-state index is 0.215. The van der Waals surface area contributed by atoms with E-state index >= 15 is 0 Å². The molecule has 0 atom stereocenters. The minimum Gasteiger partial charge on any atom is -0.493 e. The van der Waals surface area contributed by atoms with Crippen molar-refractivity contribution in [3.8, 4) is 11.5 Å². The highest BCUT2D eigenvalue weighted by Gasteiger charge is 2.11. The molecular formula is C22H20FNO3S. The lowest BCUT2D eigenvalue weighted by molar-refractivity contribution is 0.102. The number of hydrogen-bond donors (Lipinski definition) is 1. The summed E-state index contributed by atoms with van der Waals surface area (Å²) in [5.41, 5.74) is 1.77. The quantitative estimate of drug-likeness (QED) is 0.543. The number of ether oxygens (including phenoxy) is 2. The van der Waals surface area contributed by atoms with Crippen molar-refractivity contribution < 1.29 is 18.7 Å². The summed E-state index contributed by atoms with van der Waals surface area (Å²) in [5.74, 6) is 1.10. The predicted octanol–water partition coefficient (Wildman–Crippen LogP) is 5.39. The summed E-state index contributed by atoms with van der Waals surface area (Å²) in [4.78, 5) is 13.5. The highest BCUT2D eigenvalue weighted by molar-refractivity contribution is 7.98. The second-order valence-electron chi connectivity index (χ2n) is 5.93. The van der Waals surface area contributed by atoms with Crippen molar-refractivity contribution in [2.24, 2.45) is 0 Å². The SMILES string of the molecule is COc1ccc(C(=O)Nc2cccc(SCc3ccccc3F)c2)cc1OC. The van der Waals surface area contributed by atoms with E-state index in [2.05, 4.69) is 5.32 Å². The molecule has 0 fully saturated rings. The van der Waals surface area contributed by atoms with Gasteiger partial charge in [-0.05, 0) is 48.0 Å². The summed E-state index contributed by atoms with van der Waals surface area (Å²) in [6.07, 6.45) is 0. The van der Waals surface area contributed by atoms with E-state index in [4.69, 9.17) is 9.47 Å². The molecule has 3 aromatic carbocycles. The number of anilines is 1. The Kier molecular flexibility index (Phi) is 6.55. The third-order valence-electron chi connectivity index (χ3n) is 4.09. The maximum Gasteiger partial charge on any atom is 0.255 e. The van der Waals surface area contributed by atoms with E-state index in [1.54, 1.807) is 37.4 Å². The molecule has 0 aliphatic carbocycles. The van der Waals surface area contributed by atoms with Gasteiger partial charge in [-0.1, -0.05) is 24.3 Å². The van der Waals surface area contributed by atoms with Gasteiger partial charge in [0.2, 0.25) is 0 Å². The number of nitrogens with one attached hydrogen (secondary N) is 1. The topological polar surface area (TPSA) is 47.6 Å². The van der Waals surface area contributed by atoms with Crippen LogP contribution in [0.15, 0.2) is 71.6 Å². The molecule has 0 unspecified atom stereocenters. The van der Waals surface area contributed by atoms with E-state index in [0.29, 0.717) is 34.1 Å². The molecule has 0 heterocycles. The predicted molar refractivity (Wildman–Crippen MR) is 110 cm³/mol. The lowest BCUT2D eigenvalue weighted by Crippen LogP contribution is -2.12. The molecular weight excluding hydrogens is 377 g/mol. The summed E-state index contributed by atoms with van der Waals surface area (Å²) in [5, 5.41) is 2.87.